The molecule has 0 fully saturated rings. The first-order valence-corrected chi connectivity index (χ1v) is 7.69. The van der Waals surface area contributed by atoms with Gasteiger partial charge in [0.2, 0.25) is 0 Å². The summed E-state index contributed by atoms with van der Waals surface area (Å²) in [5.74, 6) is -0.288. The van der Waals surface area contributed by atoms with Crippen LogP contribution >= 0.6 is 0 Å². The highest BCUT2D eigenvalue weighted by molar-refractivity contribution is 6.03. The number of carbonyl (C=O) groups is 1. The second-order valence-corrected chi connectivity index (χ2v) is 5.37. The van der Waals surface area contributed by atoms with E-state index in [1.54, 1.807) is 12.3 Å². The summed E-state index contributed by atoms with van der Waals surface area (Å²) in [4.78, 5) is 29.0. The maximum Gasteiger partial charge on any atom is 0.274 e. The fraction of sp³-hybridized carbons (Fsp3) is 0. The molecule has 0 aliphatic carbocycles. The number of benzene rings is 2. The fourth-order valence-electron chi connectivity index (χ4n) is 2.47. The average molecular weight is 327 g/mol. The predicted octanol–water partition coefficient (Wildman–Crippen LogP) is 3.34. The summed E-state index contributed by atoms with van der Waals surface area (Å²) in [6, 6.07) is 16.7. The molecule has 2 aromatic carbocycles. The molecule has 0 aliphatic heterocycles. The number of nitrogens with zero attached hydrogens (tertiary/aromatic N) is 4. The number of anilines is 1. The number of amides is 1. The first-order chi connectivity index (χ1) is 12.3. The first kappa shape index (κ1) is 14.9. The normalized spacial score (nSPS) is 10.6. The predicted molar refractivity (Wildman–Crippen MR) is 95.0 cm³/mol. The number of hydrogen-bond donors (Lipinski definition) is 1. The Labute approximate surface area is 143 Å². The van der Waals surface area contributed by atoms with Crippen LogP contribution in [0.25, 0.3) is 22.3 Å². The van der Waals surface area contributed by atoms with Gasteiger partial charge < -0.3 is 5.32 Å². The zero-order valence-corrected chi connectivity index (χ0v) is 13.1. The Morgan fingerprint density at radius 3 is 2.64 bits per heavy atom. The van der Waals surface area contributed by atoms with Crippen LogP contribution in [0.2, 0.25) is 0 Å². The van der Waals surface area contributed by atoms with E-state index in [4.69, 9.17) is 0 Å². The molecule has 2 aromatic heterocycles. The van der Waals surface area contributed by atoms with Gasteiger partial charge in [0, 0.05) is 17.4 Å². The molecule has 0 atom stereocenters. The molecular weight excluding hydrogens is 314 g/mol. The lowest BCUT2D eigenvalue weighted by atomic mass is 10.1. The lowest BCUT2D eigenvalue weighted by Gasteiger charge is -2.07. The van der Waals surface area contributed by atoms with Gasteiger partial charge in [-0.15, -0.1) is 0 Å². The number of hydrogen-bond acceptors (Lipinski definition) is 5. The summed E-state index contributed by atoms with van der Waals surface area (Å²) >= 11 is 0. The number of nitrogens with one attached hydrogen (secondary N) is 1. The van der Waals surface area contributed by atoms with Crippen molar-refractivity contribution in [3.8, 4) is 11.3 Å². The molecule has 0 saturated carbocycles. The molecule has 120 valence electrons. The summed E-state index contributed by atoms with van der Waals surface area (Å²) in [6.45, 7) is 0. The third-order valence-electron chi connectivity index (χ3n) is 3.68. The highest BCUT2D eigenvalue weighted by atomic mass is 16.1. The van der Waals surface area contributed by atoms with E-state index in [0.29, 0.717) is 11.4 Å². The van der Waals surface area contributed by atoms with Gasteiger partial charge in [0.15, 0.2) is 0 Å². The molecule has 1 N–H and O–H groups in total. The third kappa shape index (κ3) is 3.18. The van der Waals surface area contributed by atoms with E-state index in [9.17, 15) is 4.79 Å². The maximum atomic E-state index is 12.2. The van der Waals surface area contributed by atoms with E-state index in [2.05, 4.69) is 25.3 Å². The molecule has 4 rings (SSSR count). The van der Waals surface area contributed by atoms with E-state index in [1.807, 2.05) is 48.5 Å². The summed E-state index contributed by atoms with van der Waals surface area (Å²) in [5, 5.41) is 2.83. The number of rotatable bonds is 3. The molecule has 0 spiro atoms. The average Bonchev–Trinajstić information content (AvgIpc) is 2.68. The largest absolute Gasteiger partial charge is 0.321 e. The summed E-state index contributed by atoms with van der Waals surface area (Å²) in [5.41, 5.74) is 4.27. The van der Waals surface area contributed by atoms with Crippen LogP contribution in [0.5, 0.6) is 0 Å². The highest BCUT2D eigenvalue weighted by Crippen LogP contribution is 2.22. The fourth-order valence-corrected chi connectivity index (χ4v) is 2.47. The third-order valence-corrected chi connectivity index (χ3v) is 3.68. The van der Waals surface area contributed by atoms with Crippen LogP contribution < -0.4 is 5.32 Å². The van der Waals surface area contributed by atoms with Crippen molar-refractivity contribution in [1.29, 1.82) is 0 Å². The second-order valence-electron chi connectivity index (χ2n) is 5.37. The molecule has 4 aromatic rings. The van der Waals surface area contributed by atoms with Crippen LogP contribution in [0.15, 0.2) is 73.3 Å². The van der Waals surface area contributed by atoms with Crippen LogP contribution in [-0.2, 0) is 0 Å². The Morgan fingerprint density at radius 2 is 1.80 bits per heavy atom. The second kappa shape index (κ2) is 6.45. The van der Waals surface area contributed by atoms with Crippen molar-refractivity contribution in [2.45, 2.75) is 0 Å². The van der Waals surface area contributed by atoms with E-state index in [1.165, 1.54) is 12.5 Å². The molecule has 6 nitrogen and oxygen atoms in total. The lowest BCUT2D eigenvalue weighted by Crippen LogP contribution is -2.13. The summed E-state index contributed by atoms with van der Waals surface area (Å²) in [6.07, 6.45) is 4.60. The zero-order valence-electron chi connectivity index (χ0n) is 13.1. The smallest absolute Gasteiger partial charge is 0.274 e. The Hall–Kier alpha value is -3.67. The number of carbonyl (C=O) groups excluding carboxylic acids is 1. The molecule has 0 saturated heterocycles. The van der Waals surface area contributed by atoms with Crippen molar-refractivity contribution in [2.75, 3.05) is 5.32 Å². The van der Waals surface area contributed by atoms with E-state index >= 15 is 0 Å². The van der Waals surface area contributed by atoms with Crippen molar-refractivity contribution < 1.29 is 4.79 Å². The summed E-state index contributed by atoms with van der Waals surface area (Å²) in [7, 11) is 0. The van der Waals surface area contributed by atoms with Crippen molar-refractivity contribution in [2.24, 2.45) is 0 Å². The zero-order chi connectivity index (χ0) is 17.1. The van der Waals surface area contributed by atoms with Crippen molar-refractivity contribution >= 4 is 22.6 Å². The molecule has 0 bridgehead atoms. The van der Waals surface area contributed by atoms with Gasteiger partial charge in [-0.25, -0.2) is 15.0 Å². The maximum absolute atomic E-state index is 12.2. The Balaban J connectivity index is 1.63. The minimum absolute atomic E-state index is 0.288. The molecular formula is C19H13N5O. The van der Waals surface area contributed by atoms with Crippen molar-refractivity contribution in [3.05, 3.63) is 79.0 Å². The minimum Gasteiger partial charge on any atom is -0.321 e. The monoisotopic (exact) mass is 327 g/mol. The molecule has 0 radical (unpaired) electrons. The van der Waals surface area contributed by atoms with Gasteiger partial charge in [0.1, 0.15) is 12.0 Å². The van der Waals surface area contributed by atoms with E-state index < -0.39 is 0 Å². The SMILES string of the molecule is O=C(Nc1cccc(-c2cnc3ccccc3n2)c1)c1ccncn1. The number of para-hydroxylation sites is 2. The Kier molecular flexibility index (Phi) is 3.84. The van der Waals surface area contributed by atoms with Crippen LogP contribution in [0.4, 0.5) is 5.69 Å². The van der Waals surface area contributed by atoms with Gasteiger partial charge in [-0.1, -0.05) is 24.3 Å². The molecule has 0 aliphatic rings. The van der Waals surface area contributed by atoms with E-state index in [-0.39, 0.29) is 5.91 Å². The summed E-state index contributed by atoms with van der Waals surface area (Å²) < 4.78 is 0. The highest BCUT2D eigenvalue weighted by Gasteiger charge is 2.08. The van der Waals surface area contributed by atoms with Gasteiger partial charge in [0.05, 0.1) is 22.9 Å². The van der Waals surface area contributed by atoms with Gasteiger partial charge in [0.25, 0.3) is 5.91 Å². The molecule has 0 unspecified atom stereocenters. The van der Waals surface area contributed by atoms with Crippen LogP contribution in [-0.4, -0.2) is 25.8 Å². The molecule has 6 heteroatoms. The quantitative estimate of drug-likeness (QED) is 0.624. The first-order valence-electron chi connectivity index (χ1n) is 7.69. The van der Waals surface area contributed by atoms with Crippen LogP contribution in [0.1, 0.15) is 10.5 Å². The standard InChI is InChI=1S/C19H13N5O/c25-19(17-8-9-20-12-22-17)23-14-5-3-4-13(10-14)18-11-21-15-6-1-2-7-16(15)24-18/h1-12H,(H,23,25). The van der Waals surface area contributed by atoms with Gasteiger partial charge in [-0.2, -0.15) is 0 Å². The number of fused-ring (bicyclic) bond motifs is 1. The molecule has 2 heterocycles. The van der Waals surface area contributed by atoms with Gasteiger partial charge in [-0.05, 0) is 30.3 Å². The van der Waals surface area contributed by atoms with Gasteiger partial charge >= 0.3 is 0 Å². The molecule has 25 heavy (non-hydrogen) atoms. The Morgan fingerprint density at radius 1 is 0.920 bits per heavy atom. The minimum atomic E-state index is -0.288. The Bertz CT molecular complexity index is 1050. The van der Waals surface area contributed by atoms with Crippen LogP contribution in [0.3, 0.4) is 0 Å². The van der Waals surface area contributed by atoms with Crippen molar-refractivity contribution in [3.63, 3.8) is 0 Å². The van der Waals surface area contributed by atoms with Gasteiger partial charge in [-0.3, -0.25) is 9.78 Å². The molecule has 1 amide bonds. The number of aromatic nitrogens is 4. The van der Waals surface area contributed by atoms with Crippen molar-refractivity contribution in [1.82, 2.24) is 19.9 Å². The van der Waals surface area contributed by atoms with Crippen LogP contribution in [0, 0.1) is 0 Å². The lowest BCUT2D eigenvalue weighted by molar-refractivity contribution is 0.102. The van der Waals surface area contributed by atoms with E-state index in [0.717, 1.165) is 22.3 Å². The topological polar surface area (TPSA) is 80.7 Å².